The number of amides is 1. The van der Waals surface area contributed by atoms with Gasteiger partial charge in [0.05, 0.1) is 11.1 Å². The van der Waals surface area contributed by atoms with Crippen LogP contribution in [0.15, 0.2) is 41.1 Å². The maximum Gasteiger partial charge on any atom is 0.258 e. The molecular formula is C13H12BrN3O2. The van der Waals surface area contributed by atoms with Gasteiger partial charge >= 0.3 is 0 Å². The van der Waals surface area contributed by atoms with Gasteiger partial charge in [0.25, 0.3) is 5.91 Å². The molecule has 0 aliphatic heterocycles. The lowest BCUT2D eigenvalue weighted by molar-refractivity contribution is 0.102. The minimum atomic E-state index is -0.259. The van der Waals surface area contributed by atoms with Crippen molar-refractivity contribution < 1.29 is 9.53 Å². The highest BCUT2D eigenvalue weighted by atomic mass is 79.9. The van der Waals surface area contributed by atoms with E-state index in [4.69, 9.17) is 4.74 Å². The summed E-state index contributed by atoms with van der Waals surface area (Å²) >= 11 is 3.23. The summed E-state index contributed by atoms with van der Waals surface area (Å²) in [6.07, 6.45) is 3.14. The van der Waals surface area contributed by atoms with Crippen LogP contribution in [0.5, 0.6) is 5.75 Å². The Labute approximate surface area is 119 Å². The van der Waals surface area contributed by atoms with Crippen LogP contribution in [0.1, 0.15) is 17.3 Å². The zero-order valence-electron chi connectivity index (χ0n) is 10.3. The highest BCUT2D eigenvalue weighted by Crippen LogP contribution is 2.13. The van der Waals surface area contributed by atoms with E-state index in [1.807, 2.05) is 6.92 Å². The van der Waals surface area contributed by atoms with Crippen molar-refractivity contribution in [2.24, 2.45) is 0 Å². The van der Waals surface area contributed by atoms with Gasteiger partial charge in [-0.15, -0.1) is 0 Å². The molecule has 98 valence electrons. The fraction of sp³-hybridized carbons (Fsp3) is 0.154. The number of rotatable bonds is 4. The minimum Gasteiger partial charge on any atom is -0.494 e. The van der Waals surface area contributed by atoms with E-state index in [0.717, 1.165) is 10.2 Å². The summed E-state index contributed by atoms with van der Waals surface area (Å²) < 4.78 is 6.07. The normalized spacial score (nSPS) is 10.0. The summed E-state index contributed by atoms with van der Waals surface area (Å²) in [6.45, 7) is 2.50. The Balaban J connectivity index is 2.05. The molecule has 1 aromatic heterocycles. The van der Waals surface area contributed by atoms with Crippen molar-refractivity contribution in [3.63, 3.8) is 0 Å². The van der Waals surface area contributed by atoms with Crippen LogP contribution in [-0.2, 0) is 0 Å². The van der Waals surface area contributed by atoms with Gasteiger partial charge in [0, 0.05) is 18.0 Å². The number of anilines is 1. The van der Waals surface area contributed by atoms with E-state index >= 15 is 0 Å². The first-order chi connectivity index (χ1) is 9.19. The van der Waals surface area contributed by atoms with Crippen molar-refractivity contribution in [3.8, 4) is 5.75 Å². The summed E-state index contributed by atoms with van der Waals surface area (Å²) in [5.41, 5.74) is 0.523. The zero-order valence-corrected chi connectivity index (χ0v) is 11.8. The molecule has 2 aromatic rings. The topological polar surface area (TPSA) is 64.1 Å². The highest BCUT2D eigenvalue weighted by Gasteiger charge is 2.07. The summed E-state index contributed by atoms with van der Waals surface area (Å²) in [6, 6.07) is 6.89. The maximum atomic E-state index is 11.9. The Bertz CT molecular complexity index is 555. The highest BCUT2D eigenvalue weighted by molar-refractivity contribution is 9.10. The minimum absolute atomic E-state index is 0.259. The van der Waals surface area contributed by atoms with Crippen LogP contribution in [0.2, 0.25) is 0 Å². The first-order valence-electron chi connectivity index (χ1n) is 5.71. The number of ether oxygens (including phenoxy) is 1. The van der Waals surface area contributed by atoms with Crippen molar-refractivity contribution in [1.29, 1.82) is 0 Å². The molecule has 0 radical (unpaired) electrons. The second kappa shape index (κ2) is 6.29. The van der Waals surface area contributed by atoms with Crippen LogP contribution in [-0.4, -0.2) is 22.5 Å². The molecule has 19 heavy (non-hydrogen) atoms. The number of carbonyl (C=O) groups excluding carboxylic acids is 1. The Morgan fingerprint density at radius 1 is 1.26 bits per heavy atom. The number of nitrogens with zero attached hydrogens (tertiary/aromatic N) is 2. The van der Waals surface area contributed by atoms with Crippen molar-refractivity contribution in [1.82, 2.24) is 9.97 Å². The van der Waals surface area contributed by atoms with E-state index in [2.05, 4.69) is 31.2 Å². The van der Waals surface area contributed by atoms with Gasteiger partial charge < -0.3 is 4.74 Å². The molecule has 0 unspecified atom stereocenters. The molecule has 0 saturated carbocycles. The third-order valence-corrected chi connectivity index (χ3v) is 2.68. The Hall–Kier alpha value is -1.95. The Kier molecular flexibility index (Phi) is 4.46. The predicted octanol–water partition coefficient (Wildman–Crippen LogP) is 2.89. The van der Waals surface area contributed by atoms with E-state index in [1.165, 1.54) is 0 Å². The molecular weight excluding hydrogens is 310 g/mol. The van der Waals surface area contributed by atoms with Crippen LogP contribution >= 0.6 is 15.9 Å². The molecule has 5 nitrogen and oxygen atoms in total. The van der Waals surface area contributed by atoms with Gasteiger partial charge in [-0.2, -0.15) is 0 Å². The third kappa shape index (κ3) is 3.75. The van der Waals surface area contributed by atoms with Crippen LogP contribution < -0.4 is 10.1 Å². The van der Waals surface area contributed by atoms with Gasteiger partial charge in [0.2, 0.25) is 5.95 Å². The number of hydrogen-bond donors (Lipinski definition) is 1. The molecule has 0 aliphatic rings. The molecule has 1 aromatic carbocycles. The number of hydrogen-bond acceptors (Lipinski definition) is 4. The number of halogens is 1. The monoisotopic (exact) mass is 321 g/mol. The molecule has 0 aliphatic carbocycles. The van der Waals surface area contributed by atoms with Crippen molar-refractivity contribution in [2.75, 3.05) is 11.9 Å². The largest absolute Gasteiger partial charge is 0.494 e. The number of benzene rings is 1. The molecule has 0 spiro atoms. The van der Waals surface area contributed by atoms with Gasteiger partial charge in [-0.3, -0.25) is 10.1 Å². The van der Waals surface area contributed by atoms with Gasteiger partial charge in [-0.25, -0.2) is 9.97 Å². The second-order valence-electron chi connectivity index (χ2n) is 3.64. The summed E-state index contributed by atoms with van der Waals surface area (Å²) in [7, 11) is 0. The molecule has 0 atom stereocenters. The predicted molar refractivity (Wildman–Crippen MR) is 75.3 cm³/mol. The summed E-state index contributed by atoms with van der Waals surface area (Å²) in [4.78, 5) is 19.9. The lowest BCUT2D eigenvalue weighted by atomic mass is 10.2. The van der Waals surface area contributed by atoms with Crippen LogP contribution in [0.25, 0.3) is 0 Å². The quantitative estimate of drug-likeness (QED) is 0.940. The molecule has 1 heterocycles. The average molecular weight is 322 g/mol. The van der Waals surface area contributed by atoms with Gasteiger partial charge in [-0.1, -0.05) is 0 Å². The lowest BCUT2D eigenvalue weighted by Crippen LogP contribution is -2.13. The maximum absolute atomic E-state index is 11.9. The zero-order chi connectivity index (χ0) is 13.7. The summed E-state index contributed by atoms with van der Waals surface area (Å²) in [5, 5.41) is 2.61. The van der Waals surface area contributed by atoms with Crippen molar-refractivity contribution >= 4 is 27.8 Å². The van der Waals surface area contributed by atoms with E-state index in [0.29, 0.717) is 12.2 Å². The fourth-order valence-corrected chi connectivity index (χ4v) is 1.62. The molecule has 0 fully saturated rings. The average Bonchev–Trinajstić information content (AvgIpc) is 2.42. The second-order valence-corrected chi connectivity index (χ2v) is 4.55. The van der Waals surface area contributed by atoms with Gasteiger partial charge in [0.1, 0.15) is 5.75 Å². The number of carbonyl (C=O) groups is 1. The summed E-state index contributed by atoms with van der Waals surface area (Å²) in [5.74, 6) is 0.742. The smallest absolute Gasteiger partial charge is 0.258 e. The van der Waals surface area contributed by atoms with Crippen molar-refractivity contribution in [2.45, 2.75) is 6.92 Å². The number of aromatic nitrogens is 2. The molecule has 1 amide bonds. The molecule has 1 N–H and O–H groups in total. The first-order valence-corrected chi connectivity index (χ1v) is 6.50. The lowest BCUT2D eigenvalue weighted by Gasteiger charge is -2.05. The third-order valence-electron chi connectivity index (χ3n) is 2.27. The first kappa shape index (κ1) is 13.5. The van der Waals surface area contributed by atoms with E-state index in [9.17, 15) is 4.79 Å². The fourth-order valence-electron chi connectivity index (χ4n) is 1.42. The van der Waals surface area contributed by atoms with Crippen LogP contribution in [0.4, 0.5) is 5.95 Å². The molecule has 6 heteroatoms. The van der Waals surface area contributed by atoms with E-state index in [-0.39, 0.29) is 11.9 Å². The standard InChI is InChI=1S/C13H12BrN3O2/c1-2-19-11-5-3-9(4-6-11)12(18)17-13-15-7-10(14)8-16-13/h3-8H,2H2,1H3,(H,15,16,17,18). The van der Waals surface area contributed by atoms with E-state index < -0.39 is 0 Å². The van der Waals surface area contributed by atoms with Crippen molar-refractivity contribution in [3.05, 3.63) is 46.7 Å². The Morgan fingerprint density at radius 2 is 1.89 bits per heavy atom. The SMILES string of the molecule is CCOc1ccc(C(=O)Nc2ncc(Br)cn2)cc1. The van der Waals surface area contributed by atoms with Crippen LogP contribution in [0, 0.1) is 0 Å². The van der Waals surface area contributed by atoms with Gasteiger partial charge in [-0.05, 0) is 47.1 Å². The van der Waals surface area contributed by atoms with E-state index in [1.54, 1.807) is 36.7 Å². The molecule has 0 bridgehead atoms. The molecule has 2 rings (SSSR count). The number of nitrogens with one attached hydrogen (secondary N) is 1. The Morgan fingerprint density at radius 3 is 2.47 bits per heavy atom. The van der Waals surface area contributed by atoms with Crippen LogP contribution in [0.3, 0.4) is 0 Å². The molecule has 0 saturated heterocycles. The van der Waals surface area contributed by atoms with Gasteiger partial charge in [0.15, 0.2) is 0 Å².